The quantitative estimate of drug-likeness (QED) is 0.794. The molecule has 0 aliphatic heterocycles. The van der Waals surface area contributed by atoms with Crippen molar-refractivity contribution in [3.05, 3.63) is 36.7 Å². The Morgan fingerprint density at radius 1 is 1.19 bits per heavy atom. The minimum atomic E-state index is 0.432. The fraction of sp³-hybridized carbons (Fsp3) is 0.500. The standard InChI is InChI=1S/C16H22N4O/c1-2-8-15(9-3-1)20-13-18-16(19-20)21-11-10-17-12-14-6-4-5-7-14/h1-3,8-9,13-14,17H,4-7,10-12H2. The Labute approximate surface area is 125 Å². The molecule has 112 valence electrons. The molecule has 0 unspecified atom stereocenters. The third-order valence-corrected chi connectivity index (χ3v) is 3.91. The van der Waals surface area contributed by atoms with Gasteiger partial charge in [-0.15, -0.1) is 5.10 Å². The van der Waals surface area contributed by atoms with E-state index >= 15 is 0 Å². The van der Waals surface area contributed by atoms with Crippen LogP contribution >= 0.6 is 0 Å². The van der Waals surface area contributed by atoms with E-state index in [9.17, 15) is 0 Å². The van der Waals surface area contributed by atoms with Crippen molar-refractivity contribution in [2.24, 2.45) is 5.92 Å². The zero-order chi connectivity index (χ0) is 14.3. The molecule has 0 bridgehead atoms. The van der Waals surface area contributed by atoms with Gasteiger partial charge in [-0.3, -0.25) is 0 Å². The summed E-state index contributed by atoms with van der Waals surface area (Å²) in [6, 6.07) is 10.3. The van der Waals surface area contributed by atoms with Gasteiger partial charge in [-0.1, -0.05) is 31.0 Å². The number of para-hydroxylation sites is 1. The SMILES string of the molecule is c1ccc(-n2cnc(OCCNCC3CCCC3)n2)cc1. The maximum absolute atomic E-state index is 5.57. The van der Waals surface area contributed by atoms with Crippen molar-refractivity contribution in [3.63, 3.8) is 0 Å². The summed E-state index contributed by atoms with van der Waals surface area (Å²) in [7, 11) is 0. The summed E-state index contributed by atoms with van der Waals surface area (Å²) in [5.41, 5.74) is 0.985. The van der Waals surface area contributed by atoms with Crippen molar-refractivity contribution < 1.29 is 4.74 Å². The van der Waals surface area contributed by atoms with E-state index in [4.69, 9.17) is 4.74 Å². The maximum atomic E-state index is 5.57. The summed E-state index contributed by atoms with van der Waals surface area (Å²) in [5, 5.41) is 7.76. The van der Waals surface area contributed by atoms with Gasteiger partial charge < -0.3 is 10.1 Å². The van der Waals surface area contributed by atoms with Crippen LogP contribution in [0.25, 0.3) is 5.69 Å². The van der Waals surface area contributed by atoms with Crippen molar-refractivity contribution in [1.82, 2.24) is 20.1 Å². The Morgan fingerprint density at radius 3 is 2.81 bits per heavy atom. The topological polar surface area (TPSA) is 52.0 Å². The zero-order valence-corrected chi connectivity index (χ0v) is 12.2. The molecule has 0 spiro atoms. The molecule has 1 aliphatic rings. The first-order chi connectivity index (χ1) is 10.4. The average molecular weight is 286 g/mol. The molecule has 1 heterocycles. The summed E-state index contributed by atoms with van der Waals surface area (Å²) < 4.78 is 7.29. The molecular formula is C16H22N4O. The highest BCUT2D eigenvalue weighted by Crippen LogP contribution is 2.23. The Bertz CT molecular complexity index is 534. The van der Waals surface area contributed by atoms with Gasteiger partial charge in [0.2, 0.25) is 0 Å². The summed E-state index contributed by atoms with van der Waals surface area (Å²) >= 11 is 0. The fourth-order valence-corrected chi connectivity index (χ4v) is 2.75. The first kappa shape index (κ1) is 14.1. The lowest BCUT2D eigenvalue weighted by molar-refractivity contribution is 0.286. The van der Waals surface area contributed by atoms with E-state index < -0.39 is 0 Å². The van der Waals surface area contributed by atoms with Gasteiger partial charge in [0.05, 0.1) is 5.69 Å². The lowest BCUT2D eigenvalue weighted by atomic mass is 10.1. The number of aromatic nitrogens is 3. The largest absolute Gasteiger partial charge is 0.461 e. The van der Waals surface area contributed by atoms with Crippen LogP contribution in [-0.2, 0) is 0 Å². The van der Waals surface area contributed by atoms with E-state index in [1.807, 2.05) is 30.3 Å². The minimum absolute atomic E-state index is 0.432. The predicted octanol–water partition coefficient (Wildman–Crippen LogP) is 2.43. The summed E-state index contributed by atoms with van der Waals surface area (Å²) in [4.78, 5) is 4.17. The van der Waals surface area contributed by atoms with E-state index in [-0.39, 0.29) is 0 Å². The second-order valence-corrected chi connectivity index (χ2v) is 5.51. The van der Waals surface area contributed by atoms with Gasteiger partial charge in [-0.2, -0.15) is 4.98 Å². The van der Waals surface area contributed by atoms with Crippen molar-refractivity contribution in [1.29, 1.82) is 0 Å². The number of hydrogen-bond donors (Lipinski definition) is 1. The molecule has 5 heteroatoms. The summed E-state index contributed by atoms with van der Waals surface area (Å²) in [6.07, 6.45) is 7.21. The molecule has 0 saturated heterocycles. The van der Waals surface area contributed by atoms with Gasteiger partial charge in [0.1, 0.15) is 12.9 Å². The van der Waals surface area contributed by atoms with Crippen molar-refractivity contribution >= 4 is 0 Å². The van der Waals surface area contributed by atoms with Crippen LogP contribution in [0.1, 0.15) is 25.7 Å². The van der Waals surface area contributed by atoms with Crippen LogP contribution in [0.5, 0.6) is 6.01 Å². The molecule has 3 rings (SSSR count). The van der Waals surface area contributed by atoms with Gasteiger partial charge in [0, 0.05) is 6.54 Å². The Kier molecular flexibility index (Phi) is 4.84. The van der Waals surface area contributed by atoms with Crippen LogP contribution < -0.4 is 10.1 Å². The average Bonchev–Trinajstić information content (AvgIpc) is 3.19. The first-order valence-electron chi connectivity index (χ1n) is 7.72. The molecule has 0 amide bonds. The number of nitrogens with zero attached hydrogens (tertiary/aromatic N) is 3. The highest BCUT2D eigenvalue weighted by atomic mass is 16.5. The normalized spacial score (nSPS) is 15.4. The van der Waals surface area contributed by atoms with Crippen LogP contribution in [0, 0.1) is 5.92 Å². The van der Waals surface area contributed by atoms with Crippen LogP contribution in [0.15, 0.2) is 36.7 Å². The molecule has 1 aromatic carbocycles. The van der Waals surface area contributed by atoms with Gasteiger partial charge in [0.25, 0.3) is 0 Å². The van der Waals surface area contributed by atoms with Gasteiger partial charge >= 0.3 is 6.01 Å². The predicted molar refractivity (Wildman–Crippen MR) is 81.7 cm³/mol. The van der Waals surface area contributed by atoms with E-state index in [1.165, 1.54) is 25.7 Å². The molecule has 1 aromatic heterocycles. The number of benzene rings is 1. The third-order valence-electron chi connectivity index (χ3n) is 3.91. The summed E-state index contributed by atoms with van der Waals surface area (Å²) in [6.45, 7) is 2.55. The van der Waals surface area contributed by atoms with Crippen molar-refractivity contribution in [3.8, 4) is 11.7 Å². The highest BCUT2D eigenvalue weighted by molar-refractivity contribution is 5.29. The van der Waals surface area contributed by atoms with Gasteiger partial charge in [-0.05, 0) is 37.4 Å². The smallest absolute Gasteiger partial charge is 0.335 e. The fourth-order valence-electron chi connectivity index (χ4n) is 2.75. The summed E-state index contributed by atoms with van der Waals surface area (Å²) in [5.74, 6) is 0.861. The molecule has 5 nitrogen and oxygen atoms in total. The van der Waals surface area contributed by atoms with E-state index in [2.05, 4.69) is 15.4 Å². The number of ether oxygens (including phenoxy) is 1. The Balaban J connectivity index is 1.39. The lowest BCUT2D eigenvalue weighted by Gasteiger charge is -2.09. The molecule has 1 saturated carbocycles. The van der Waals surface area contributed by atoms with Crippen molar-refractivity contribution in [2.75, 3.05) is 19.7 Å². The monoisotopic (exact) mass is 286 g/mol. The molecule has 2 aromatic rings. The van der Waals surface area contributed by atoms with Gasteiger partial charge in [0.15, 0.2) is 0 Å². The number of hydrogen-bond acceptors (Lipinski definition) is 4. The van der Waals surface area contributed by atoms with Crippen molar-refractivity contribution in [2.45, 2.75) is 25.7 Å². The van der Waals surface area contributed by atoms with Crippen LogP contribution in [0.2, 0.25) is 0 Å². The Hall–Kier alpha value is -1.88. The minimum Gasteiger partial charge on any atom is -0.461 e. The van der Waals surface area contributed by atoms with E-state index in [0.29, 0.717) is 12.6 Å². The first-order valence-corrected chi connectivity index (χ1v) is 7.72. The molecule has 1 N–H and O–H groups in total. The Morgan fingerprint density at radius 2 is 2.00 bits per heavy atom. The third kappa shape index (κ3) is 4.04. The lowest BCUT2D eigenvalue weighted by Crippen LogP contribution is -2.26. The second-order valence-electron chi connectivity index (χ2n) is 5.51. The number of nitrogens with one attached hydrogen (secondary N) is 1. The molecule has 1 aliphatic carbocycles. The van der Waals surface area contributed by atoms with Crippen LogP contribution in [0.3, 0.4) is 0 Å². The van der Waals surface area contributed by atoms with E-state index in [1.54, 1.807) is 11.0 Å². The van der Waals surface area contributed by atoms with Crippen LogP contribution in [-0.4, -0.2) is 34.5 Å². The maximum Gasteiger partial charge on any atom is 0.335 e. The van der Waals surface area contributed by atoms with Gasteiger partial charge in [-0.25, -0.2) is 4.68 Å². The molecule has 0 atom stereocenters. The van der Waals surface area contributed by atoms with E-state index in [0.717, 1.165) is 24.7 Å². The molecular weight excluding hydrogens is 264 g/mol. The second kappa shape index (κ2) is 7.22. The highest BCUT2D eigenvalue weighted by Gasteiger charge is 2.13. The molecule has 0 radical (unpaired) electrons. The molecule has 21 heavy (non-hydrogen) atoms. The van der Waals surface area contributed by atoms with Crippen LogP contribution in [0.4, 0.5) is 0 Å². The zero-order valence-electron chi connectivity index (χ0n) is 12.2. The number of rotatable bonds is 7. The molecule has 1 fully saturated rings.